The third kappa shape index (κ3) is 3.78. The van der Waals surface area contributed by atoms with Crippen molar-refractivity contribution in [3.8, 4) is 11.5 Å². The first kappa shape index (κ1) is 15.0. The maximum absolute atomic E-state index is 13.4. The van der Waals surface area contributed by atoms with Crippen LogP contribution >= 0.6 is 0 Å². The summed E-state index contributed by atoms with van der Waals surface area (Å²) < 4.78 is 36.6. The summed E-state index contributed by atoms with van der Waals surface area (Å²) in [6, 6.07) is 10.1. The summed E-state index contributed by atoms with van der Waals surface area (Å²) in [5.41, 5.74) is 0.412. The minimum atomic E-state index is -1.10. The number of ketones is 1. The van der Waals surface area contributed by atoms with Gasteiger partial charge in [0.05, 0.1) is 6.61 Å². The monoisotopic (exact) mass is 292 g/mol. The molecule has 0 radical (unpaired) electrons. The number of ether oxygens (including phenoxy) is 2. The van der Waals surface area contributed by atoms with Gasteiger partial charge in [0.1, 0.15) is 5.75 Å². The zero-order valence-electron chi connectivity index (χ0n) is 11.4. The molecule has 0 aliphatic rings. The van der Waals surface area contributed by atoms with E-state index in [9.17, 15) is 13.6 Å². The molecule has 0 saturated carbocycles. The van der Waals surface area contributed by atoms with Gasteiger partial charge in [-0.05, 0) is 43.3 Å². The molecule has 0 saturated heterocycles. The van der Waals surface area contributed by atoms with E-state index in [1.807, 2.05) is 6.92 Å². The van der Waals surface area contributed by atoms with Gasteiger partial charge in [-0.1, -0.05) is 6.07 Å². The average Bonchev–Trinajstić information content (AvgIpc) is 2.49. The van der Waals surface area contributed by atoms with E-state index in [-0.39, 0.29) is 18.1 Å². The van der Waals surface area contributed by atoms with E-state index in [2.05, 4.69) is 0 Å². The van der Waals surface area contributed by atoms with Gasteiger partial charge in [0.25, 0.3) is 0 Å². The van der Waals surface area contributed by atoms with Crippen LogP contribution in [0, 0.1) is 11.6 Å². The Bertz CT molecular complexity index is 624. The van der Waals surface area contributed by atoms with Crippen molar-refractivity contribution in [1.82, 2.24) is 0 Å². The highest BCUT2D eigenvalue weighted by atomic mass is 19.2. The third-order valence-corrected chi connectivity index (χ3v) is 2.76. The predicted octanol–water partition coefficient (Wildman–Crippen LogP) is 3.63. The second-order valence-electron chi connectivity index (χ2n) is 4.22. The van der Waals surface area contributed by atoms with Crippen molar-refractivity contribution in [2.24, 2.45) is 0 Å². The molecule has 0 N–H and O–H groups in total. The molecule has 110 valence electrons. The fourth-order valence-corrected chi connectivity index (χ4v) is 1.73. The molecular formula is C16H14F2O3. The molecule has 0 fully saturated rings. The van der Waals surface area contributed by atoms with Crippen LogP contribution in [0.4, 0.5) is 8.78 Å². The SMILES string of the molecule is CCOc1ccc(C(=O)COc2cccc(F)c2F)cc1. The van der Waals surface area contributed by atoms with Gasteiger partial charge in [-0.2, -0.15) is 4.39 Å². The van der Waals surface area contributed by atoms with Gasteiger partial charge < -0.3 is 9.47 Å². The largest absolute Gasteiger partial charge is 0.494 e. The van der Waals surface area contributed by atoms with E-state index in [4.69, 9.17) is 9.47 Å². The fraction of sp³-hybridized carbons (Fsp3) is 0.188. The lowest BCUT2D eigenvalue weighted by Gasteiger charge is -2.07. The Labute approximate surface area is 121 Å². The predicted molar refractivity (Wildman–Crippen MR) is 73.8 cm³/mol. The molecule has 2 aromatic rings. The Morgan fingerprint density at radius 1 is 1.05 bits per heavy atom. The molecule has 0 bridgehead atoms. The van der Waals surface area contributed by atoms with Gasteiger partial charge in [-0.25, -0.2) is 4.39 Å². The molecule has 3 nitrogen and oxygen atoms in total. The Morgan fingerprint density at radius 3 is 2.43 bits per heavy atom. The number of Topliss-reactive ketones (excluding diaryl/α,β-unsaturated/α-hetero) is 1. The van der Waals surface area contributed by atoms with Crippen LogP contribution in [0.25, 0.3) is 0 Å². The number of halogens is 2. The molecule has 21 heavy (non-hydrogen) atoms. The van der Waals surface area contributed by atoms with Crippen LogP contribution in [-0.4, -0.2) is 19.0 Å². The van der Waals surface area contributed by atoms with E-state index < -0.39 is 11.6 Å². The van der Waals surface area contributed by atoms with Crippen LogP contribution in [0.5, 0.6) is 11.5 Å². The molecule has 0 heterocycles. The van der Waals surface area contributed by atoms with E-state index in [0.717, 1.165) is 6.07 Å². The number of rotatable bonds is 6. The van der Waals surface area contributed by atoms with Crippen LogP contribution in [0.3, 0.4) is 0 Å². The first-order chi connectivity index (χ1) is 10.1. The average molecular weight is 292 g/mol. The highest BCUT2D eigenvalue weighted by Crippen LogP contribution is 2.19. The zero-order chi connectivity index (χ0) is 15.2. The lowest BCUT2D eigenvalue weighted by molar-refractivity contribution is 0.0918. The molecule has 0 aliphatic carbocycles. The first-order valence-electron chi connectivity index (χ1n) is 6.44. The molecule has 0 unspecified atom stereocenters. The Kier molecular flexibility index (Phi) is 4.87. The summed E-state index contributed by atoms with van der Waals surface area (Å²) in [6.45, 7) is 2.03. The van der Waals surface area contributed by atoms with Crippen molar-refractivity contribution >= 4 is 5.78 Å². The summed E-state index contributed by atoms with van der Waals surface area (Å²) >= 11 is 0. The maximum Gasteiger partial charge on any atom is 0.200 e. The van der Waals surface area contributed by atoms with Gasteiger partial charge in [0.15, 0.2) is 24.0 Å². The number of hydrogen-bond donors (Lipinski definition) is 0. The standard InChI is InChI=1S/C16H14F2O3/c1-2-20-12-8-6-11(7-9-12)14(19)10-21-15-5-3-4-13(17)16(15)18/h3-9H,2,10H2,1H3. The summed E-state index contributed by atoms with van der Waals surface area (Å²) in [5.74, 6) is -2.07. The number of carbonyl (C=O) groups is 1. The van der Waals surface area contributed by atoms with Crippen LogP contribution < -0.4 is 9.47 Å². The van der Waals surface area contributed by atoms with Crippen LogP contribution in [0.1, 0.15) is 17.3 Å². The minimum absolute atomic E-state index is 0.283. The highest BCUT2D eigenvalue weighted by molar-refractivity contribution is 5.97. The van der Waals surface area contributed by atoms with Crippen molar-refractivity contribution in [2.45, 2.75) is 6.92 Å². The Morgan fingerprint density at radius 2 is 1.76 bits per heavy atom. The maximum atomic E-state index is 13.4. The number of carbonyl (C=O) groups excluding carboxylic acids is 1. The van der Waals surface area contributed by atoms with Gasteiger partial charge in [-0.3, -0.25) is 4.79 Å². The van der Waals surface area contributed by atoms with E-state index >= 15 is 0 Å². The quantitative estimate of drug-likeness (QED) is 0.763. The van der Waals surface area contributed by atoms with Gasteiger partial charge in [-0.15, -0.1) is 0 Å². The number of benzene rings is 2. The minimum Gasteiger partial charge on any atom is -0.494 e. The molecule has 0 atom stereocenters. The normalized spacial score (nSPS) is 10.2. The molecule has 0 spiro atoms. The summed E-state index contributed by atoms with van der Waals surface area (Å²) in [6.07, 6.45) is 0. The third-order valence-electron chi connectivity index (χ3n) is 2.76. The lowest BCUT2D eigenvalue weighted by Crippen LogP contribution is -2.12. The van der Waals surface area contributed by atoms with Crippen LogP contribution in [0.2, 0.25) is 0 Å². The molecule has 2 rings (SSSR count). The summed E-state index contributed by atoms with van der Waals surface area (Å²) in [7, 11) is 0. The lowest BCUT2D eigenvalue weighted by atomic mass is 10.1. The van der Waals surface area contributed by atoms with Crippen LogP contribution in [0.15, 0.2) is 42.5 Å². The zero-order valence-corrected chi connectivity index (χ0v) is 11.4. The van der Waals surface area contributed by atoms with Gasteiger partial charge >= 0.3 is 0 Å². The van der Waals surface area contributed by atoms with E-state index in [1.54, 1.807) is 24.3 Å². The second-order valence-corrected chi connectivity index (χ2v) is 4.22. The topological polar surface area (TPSA) is 35.5 Å². The Balaban J connectivity index is 1.99. The smallest absolute Gasteiger partial charge is 0.200 e. The fourth-order valence-electron chi connectivity index (χ4n) is 1.73. The Hall–Kier alpha value is -2.43. The van der Waals surface area contributed by atoms with Crippen molar-refractivity contribution in [3.05, 3.63) is 59.7 Å². The van der Waals surface area contributed by atoms with Gasteiger partial charge in [0, 0.05) is 5.56 Å². The molecule has 0 aromatic heterocycles. The molecule has 0 aliphatic heterocycles. The summed E-state index contributed by atoms with van der Waals surface area (Å²) in [4.78, 5) is 11.9. The first-order valence-corrected chi connectivity index (χ1v) is 6.44. The van der Waals surface area contributed by atoms with Crippen molar-refractivity contribution < 1.29 is 23.0 Å². The van der Waals surface area contributed by atoms with E-state index in [0.29, 0.717) is 17.9 Å². The molecule has 2 aromatic carbocycles. The highest BCUT2D eigenvalue weighted by Gasteiger charge is 2.12. The molecular weight excluding hydrogens is 278 g/mol. The van der Waals surface area contributed by atoms with Crippen molar-refractivity contribution in [3.63, 3.8) is 0 Å². The summed E-state index contributed by atoms with van der Waals surface area (Å²) in [5, 5.41) is 0. The van der Waals surface area contributed by atoms with Gasteiger partial charge in [0.2, 0.25) is 5.82 Å². The second kappa shape index (κ2) is 6.83. The van der Waals surface area contributed by atoms with E-state index in [1.165, 1.54) is 12.1 Å². The van der Waals surface area contributed by atoms with Crippen molar-refractivity contribution in [1.29, 1.82) is 0 Å². The molecule has 0 amide bonds. The van der Waals surface area contributed by atoms with Crippen molar-refractivity contribution in [2.75, 3.05) is 13.2 Å². The molecule has 5 heteroatoms. The number of hydrogen-bond acceptors (Lipinski definition) is 3. The van der Waals surface area contributed by atoms with Crippen LogP contribution in [-0.2, 0) is 0 Å².